The maximum Gasteiger partial charge on any atom is 0.248 e. The Balaban J connectivity index is 1.92. The highest BCUT2D eigenvalue weighted by Gasteiger charge is 2.32. The van der Waals surface area contributed by atoms with Crippen LogP contribution in [0.25, 0.3) is 0 Å². The van der Waals surface area contributed by atoms with Crippen molar-refractivity contribution in [1.82, 2.24) is 0 Å². The number of morpholine rings is 1. The number of carbonyl (C=O) groups is 1. The van der Waals surface area contributed by atoms with E-state index in [1.807, 2.05) is 12.1 Å². The van der Waals surface area contributed by atoms with Gasteiger partial charge in [-0.25, -0.2) is 0 Å². The molecule has 1 aromatic carbocycles. The molecule has 0 aliphatic carbocycles. The number of rotatable bonds is 1. The first-order chi connectivity index (χ1) is 9.08. The normalized spacial score (nSPS) is 26.8. The van der Waals surface area contributed by atoms with Crippen LogP contribution in [0.5, 0.6) is 0 Å². The topological polar surface area (TPSA) is 58.8 Å². The molecule has 1 saturated heterocycles. The second-order valence-electron chi connectivity index (χ2n) is 5.25. The predicted octanol–water partition coefficient (Wildman–Crippen LogP) is 0.888. The molecule has 0 spiro atoms. The minimum absolute atomic E-state index is 0.0394. The SMILES string of the molecule is CC1CN(c2ccc3c(c2)N(C)C(=O)C3N)CCO1. The summed E-state index contributed by atoms with van der Waals surface area (Å²) in [6.07, 6.45) is 0.239. The van der Waals surface area contributed by atoms with E-state index in [1.54, 1.807) is 11.9 Å². The third-order valence-electron chi connectivity index (χ3n) is 3.91. The van der Waals surface area contributed by atoms with Crippen molar-refractivity contribution in [2.24, 2.45) is 5.73 Å². The first kappa shape index (κ1) is 12.4. The van der Waals surface area contributed by atoms with Gasteiger partial charge in [0.25, 0.3) is 0 Å². The zero-order chi connectivity index (χ0) is 13.6. The molecule has 3 rings (SSSR count). The second-order valence-corrected chi connectivity index (χ2v) is 5.25. The molecule has 2 unspecified atom stereocenters. The van der Waals surface area contributed by atoms with Gasteiger partial charge < -0.3 is 20.3 Å². The van der Waals surface area contributed by atoms with Gasteiger partial charge in [-0.05, 0) is 19.1 Å². The molecule has 5 heteroatoms. The molecular formula is C14H19N3O2. The highest BCUT2D eigenvalue weighted by atomic mass is 16.5. The van der Waals surface area contributed by atoms with E-state index in [4.69, 9.17) is 10.5 Å². The number of hydrogen-bond donors (Lipinski definition) is 1. The molecule has 5 nitrogen and oxygen atoms in total. The van der Waals surface area contributed by atoms with Crippen LogP contribution >= 0.6 is 0 Å². The van der Waals surface area contributed by atoms with Gasteiger partial charge in [0.05, 0.1) is 18.4 Å². The molecule has 2 atom stereocenters. The standard InChI is InChI=1S/C14H19N3O2/c1-9-8-17(5-6-19-9)10-3-4-11-12(7-10)16(2)14(18)13(11)15/h3-4,7,9,13H,5-6,8,15H2,1-2H3. The summed E-state index contributed by atoms with van der Waals surface area (Å²) in [4.78, 5) is 15.8. The zero-order valence-electron chi connectivity index (χ0n) is 11.3. The molecule has 1 amide bonds. The number of hydrogen-bond acceptors (Lipinski definition) is 4. The maximum absolute atomic E-state index is 11.9. The van der Waals surface area contributed by atoms with Crippen LogP contribution in [0.2, 0.25) is 0 Å². The summed E-state index contributed by atoms with van der Waals surface area (Å²) in [5.74, 6) is -0.0394. The monoisotopic (exact) mass is 261 g/mol. The van der Waals surface area contributed by atoms with Crippen LogP contribution in [-0.4, -0.2) is 38.8 Å². The fourth-order valence-corrected chi connectivity index (χ4v) is 2.80. The molecule has 2 aliphatic rings. The third kappa shape index (κ3) is 1.99. The Morgan fingerprint density at radius 3 is 2.95 bits per heavy atom. The van der Waals surface area contributed by atoms with E-state index >= 15 is 0 Å². The molecule has 19 heavy (non-hydrogen) atoms. The minimum Gasteiger partial charge on any atom is -0.375 e. The number of amides is 1. The van der Waals surface area contributed by atoms with Crippen LogP contribution < -0.4 is 15.5 Å². The predicted molar refractivity (Wildman–Crippen MR) is 74.4 cm³/mol. The van der Waals surface area contributed by atoms with Gasteiger partial charge in [-0.15, -0.1) is 0 Å². The minimum atomic E-state index is -0.516. The summed E-state index contributed by atoms with van der Waals surface area (Å²) in [7, 11) is 1.78. The van der Waals surface area contributed by atoms with Gasteiger partial charge >= 0.3 is 0 Å². The van der Waals surface area contributed by atoms with E-state index < -0.39 is 6.04 Å². The van der Waals surface area contributed by atoms with Crippen LogP contribution in [0.1, 0.15) is 18.5 Å². The lowest BCUT2D eigenvalue weighted by atomic mass is 10.1. The summed E-state index contributed by atoms with van der Waals surface area (Å²) >= 11 is 0. The van der Waals surface area contributed by atoms with Crippen LogP contribution in [0.3, 0.4) is 0 Å². The van der Waals surface area contributed by atoms with Gasteiger partial charge in [-0.1, -0.05) is 6.07 Å². The fraction of sp³-hybridized carbons (Fsp3) is 0.500. The quantitative estimate of drug-likeness (QED) is 0.815. The molecule has 1 aromatic rings. The molecule has 2 heterocycles. The van der Waals surface area contributed by atoms with Crippen molar-refractivity contribution in [3.8, 4) is 0 Å². The summed E-state index contributed by atoms with van der Waals surface area (Å²) in [6, 6.07) is 5.55. The molecule has 0 radical (unpaired) electrons. The summed E-state index contributed by atoms with van der Waals surface area (Å²) < 4.78 is 5.55. The number of anilines is 2. The summed E-state index contributed by atoms with van der Waals surface area (Å²) in [5.41, 5.74) is 8.87. The number of nitrogens with two attached hydrogens (primary N) is 1. The van der Waals surface area contributed by atoms with Crippen molar-refractivity contribution >= 4 is 17.3 Å². The van der Waals surface area contributed by atoms with Crippen molar-refractivity contribution in [2.45, 2.75) is 19.1 Å². The number of nitrogens with zero attached hydrogens (tertiary/aromatic N) is 2. The number of carbonyl (C=O) groups excluding carboxylic acids is 1. The van der Waals surface area contributed by atoms with Crippen molar-refractivity contribution in [3.63, 3.8) is 0 Å². The van der Waals surface area contributed by atoms with Crippen LogP contribution in [0.4, 0.5) is 11.4 Å². The molecule has 0 aromatic heterocycles. The lowest BCUT2D eigenvalue weighted by Gasteiger charge is -2.33. The van der Waals surface area contributed by atoms with E-state index in [0.29, 0.717) is 0 Å². The van der Waals surface area contributed by atoms with Gasteiger partial charge in [0.15, 0.2) is 0 Å². The number of ether oxygens (including phenoxy) is 1. The van der Waals surface area contributed by atoms with E-state index in [1.165, 1.54) is 0 Å². The molecule has 1 fully saturated rings. The van der Waals surface area contributed by atoms with Crippen LogP contribution in [0, 0.1) is 0 Å². The summed E-state index contributed by atoms with van der Waals surface area (Å²) in [6.45, 7) is 4.58. The molecular weight excluding hydrogens is 242 g/mol. The number of likely N-dealkylation sites (N-methyl/N-ethyl adjacent to an activating group) is 1. The lowest BCUT2D eigenvalue weighted by Crippen LogP contribution is -2.41. The van der Waals surface area contributed by atoms with Gasteiger partial charge in [-0.3, -0.25) is 4.79 Å². The number of benzene rings is 1. The van der Waals surface area contributed by atoms with Gasteiger partial charge in [0.1, 0.15) is 6.04 Å². The Labute approximate surface area is 112 Å². The molecule has 2 N–H and O–H groups in total. The Hall–Kier alpha value is -1.59. The Morgan fingerprint density at radius 2 is 2.21 bits per heavy atom. The Bertz CT molecular complexity index is 517. The van der Waals surface area contributed by atoms with Crippen molar-refractivity contribution in [2.75, 3.05) is 36.5 Å². The third-order valence-corrected chi connectivity index (χ3v) is 3.91. The van der Waals surface area contributed by atoms with Crippen molar-refractivity contribution in [1.29, 1.82) is 0 Å². The molecule has 0 bridgehead atoms. The second kappa shape index (κ2) is 4.51. The molecule has 102 valence electrons. The molecule has 0 saturated carbocycles. The average molecular weight is 261 g/mol. The van der Waals surface area contributed by atoms with Gasteiger partial charge in [-0.2, -0.15) is 0 Å². The highest BCUT2D eigenvalue weighted by Crippen LogP contribution is 2.36. The van der Waals surface area contributed by atoms with Crippen LogP contribution in [0.15, 0.2) is 18.2 Å². The van der Waals surface area contributed by atoms with E-state index in [-0.39, 0.29) is 12.0 Å². The van der Waals surface area contributed by atoms with Gasteiger partial charge in [0.2, 0.25) is 5.91 Å². The van der Waals surface area contributed by atoms with Crippen molar-refractivity contribution in [3.05, 3.63) is 23.8 Å². The fourth-order valence-electron chi connectivity index (χ4n) is 2.80. The van der Waals surface area contributed by atoms with Crippen molar-refractivity contribution < 1.29 is 9.53 Å². The lowest BCUT2D eigenvalue weighted by molar-refractivity contribution is -0.118. The Morgan fingerprint density at radius 1 is 1.42 bits per heavy atom. The van der Waals surface area contributed by atoms with E-state index in [0.717, 1.165) is 36.6 Å². The Kier molecular flexibility index (Phi) is 2.95. The molecule has 2 aliphatic heterocycles. The maximum atomic E-state index is 11.9. The average Bonchev–Trinajstić information content (AvgIpc) is 2.64. The van der Waals surface area contributed by atoms with E-state index in [9.17, 15) is 4.79 Å². The first-order valence-electron chi connectivity index (χ1n) is 6.61. The highest BCUT2D eigenvalue weighted by molar-refractivity contribution is 6.04. The number of fused-ring (bicyclic) bond motifs is 1. The van der Waals surface area contributed by atoms with Crippen LogP contribution in [-0.2, 0) is 9.53 Å². The van der Waals surface area contributed by atoms with Gasteiger partial charge in [0, 0.05) is 31.4 Å². The first-order valence-corrected chi connectivity index (χ1v) is 6.61. The smallest absolute Gasteiger partial charge is 0.248 e. The van der Waals surface area contributed by atoms with E-state index in [2.05, 4.69) is 17.9 Å². The largest absolute Gasteiger partial charge is 0.375 e. The zero-order valence-corrected chi connectivity index (χ0v) is 11.3. The summed E-state index contributed by atoms with van der Waals surface area (Å²) in [5, 5.41) is 0.